The van der Waals surface area contributed by atoms with Gasteiger partial charge in [0, 0.05) is 12.6 Å². The van der Waals surface area contributed by atoms with E-state index in [1.54, 1.807) is 0 Å². The van der Waals surface area contributed by atoms with Gasteiger partial charge in [-0.25, -0.2) is 0 Å². The fraction of sp³-hybridized carbons (Fsp3) is 0.941. The molecule has 4 heteroatoms. The van der Waals surface area contributed by atoms with E-state index in [1.165, 1.54) is 25.7 Å². The van der Waals surface area contributed by atoms with Crippen LogP contribution in [0.2, 0.25) is 0 Å². The highest BCUT2D eigenvalue weighted by Gasteiger charge is 2.42. The van der Waals surface area contributed by atoms with Gasteiger partial charge >= 0.3 is 0 Å². The van der Waals surface area contributed by atoms with E-state index >= 15 is 0 Å². The van der Waals surface area contributed by atoms with Crippen LogP contribution in [-0.4, -0.2) is 48.2 Å². The summed E-state index contributed by atoms with van der Waals surface area (Å²) in [6.45, 7) is 6.35. The third-order valence-electron chi connectivity index (χ3n) is 5.44. The van der Waals surface area contributed by atoms with Gasteiger partial charge in [0.15, 0.2) is 0 Å². The van der Waals surface area contributed by atoms with Gasteiger partial charge in [-0.2, -0.15) is 0 Å². The van der Waals surface area contributed by atoms with Gasteiger partial charge in [-0.1, -0.05) is 19.8 Å². The molecule has 0 heterocycles. The van der Waals surface area contributed by atoms with Gasteiger partial charge in [-0.15, -0.1) is 0 Å². The molecule has 122 valence electrons. The van der Waals surface area contributed by atoms with Crippen LogP contribution in [0, 0.1) is 17.8 Å². The zero-order valence-corrected chi connectivity index (χ0v) is 13.7. The normalized spacial score (nSPS) is 29.0. The predicted molar refractivity (Wildman–Crippen MR) is 85.0 cm³/mol. The van der Waals surface area contributed by atoms with Crippen molar-refractivity contribution in [2.24, 2.45) is 17.8 Å². The van der Waals surface area contributed by atoms with Gasteiger partial charge in [-0.3, -0.25) is 9.69 Å². The average Bonchev–Trinajstić information content (AvgIpc) is 3.07. The Labute approximate surface area is 129 Å². The summed E-state index contributed by atoms with van der Waals surface area (Å²) in [4.78, 5) is 14.3. The average molecular weight is 296 g/mol. The molecular weight excluding hydrogens is 264 g/mol. The molecule has 21 heavy (non-hydrogen) atoms. The van der Waals surface area contributed by atoms with Crippen molar-refractivity contribution in [3.8, 4) is 0 Å². The lowest BCUT2D eigenvalue weighted by Crippen LogP contribution is -2.45. The van der Waals surface area contributed by atoms with Crippen molar-refractivity contribution in [3.05, 3.63) is 0 Å². The standard InChI is InChI=1S/C17H32N2O2/c1-3-4-7-19(8-9-20)12-17(21)18-13(2)16-11-14-5-6-15(16)10-14/h13-16,20H,3-12H2,1-2H3,(H,18,21). The molecule has 2 fully saturated rings. The Morgan fingerprint density at radius 3 is 2.71 bits per heavy atom. The lowest BCUT2D eigenvalue weighted by Gasteiger charge is -2.29. The molecule has 2 bridgehead atoms. The molecule has 0 radical (unpaired) electrons. The smallest absolute Gasteiger partial charge is 0.234 e. The molecule has 4 atom stereocenters. The third kappa shape index (κ3) is 4.68. The van der Waals surface area contributed by atoms with Crippen molar-refractivity contribution in [2.75, 3.05) is 26.2 Å². The SMILES string of the molecule is CCCCN(CCO)CC(=O)NC(C)C1CC2CCC1C2. The number of aliphatic hydroxyl groups excluding tert-OH is 1. The first-order valence-corrected chi connectivity index (χ1v) is 8.76. The van der Waals surface area contributed by atoms with Crippen molar-refractivity contribution in [2.45, 2.75) is 58.4 Å². The van der Waals surface area contributed by atoms with Crippen molar-refractivity contribution in [3.63, 3.8) is 0 Å². The van der Waals surface area contributed by atoms with Crippen molar-refractivity contribution >= 4 is 5.91 Å². The van der Waals surface area contributed by atoms with Gasteiger partial charge in [0.05, 0.1) is 13.2 Å². The first-order valence-electron chi connectivity index (χ1n) is 8.76. The van der Waals surface area contributed by atoms with E-state index in [9.17, 15) is 4.79 Å². The second kappa shape index (κ2) is 8.14. The van der Waals surface area contributed by atoms with Crippen LogP contribution < -0.4 is 5.32 Å². The Bertz CT molecular complexity index is 335. The van der Waals surface area contributed by atoms with Gasteiger partial charge in [0.25, 0.3) is 0 Å². The number of hydrogen-bond acceptors (Lipinski definition) is 3. The highest BCUT2D eigenvalue weighted by Crippen LogP contribution is 2.49. The number of rotatable bonds is 9. The number of fused-ring (bicyclic) bond motifs is 2. The quantitative estimate of drug-likeness (QED) is 0.684. The predicted octanol–water partition coefficient (Wildman–Crippen LogP) is 2.02. The van der Waals surface area contributed by atoms with Crippen LogP contribution in [0.3, 0.4) is 0 Å². The summed E-state index contributed by atoms with van der Waals surface area (Å²) in [5.74, 6) is 2.58. The molecule has 0 aromatic carbocycles. The van der Waals surface area contributed by atoms with Crippen LogP contribution in [0.5, 0.6) is 0 Å². The van der Waals surface area contributed by atoms with Gasteiger partial charge in [-0.05, 0) is 56.9 Å². The molecule has 2 rings (SSSR count). The molecule has 0 spiro atoms. The van der Waals surface area contributed by atoms with Gasteiger partial charge in [0.2, 0.25) is 5.91 Å². The van der Waals surface area contributed by atoms with Crippen LogP contribution in [0.4, 0.5) is 0 Å². The van der Waals surface area contributed by atoms with E-state index in [0.29, 0.717) is 25.0 Å². The molecule has 1 amide bonds. The summed E-state index contributed by atoms with van der Waals surface area (Å²) in [6.07, 6.45) is 7.66. The Hall–Kier alpha value is -0.610. The van der Waals surface area contributed by atoms with Crippen LogP contribution in [-0.2, 0) is 4.79 Å². The third-order valence-corrected chi connectivity index (χ3v) is 5.44. The number of carbonyl (C=O) groups excluding carboxylic acids is 1. The molecule has 2 N–H and O–H groups in total. The molecule has 0 aromatic heterocycles. The molecular formula is C17H32N2O2. The van der Waals surface area contributed by atoms with E-state index in [4.69, 9.17) is 5.11 Å². The maximum Gasteiger partial charge on any atom is 0.234 e. The lowest BCUT2D eigenvalue weighted by atomic mass is 9.84. The number of hydrogen-bond donors (Lipinski definition) is 2. The summed E-state index contributed by atoms with van der Waals surface area (Å²) >= 11 is 0. The molecule has 4 unspecified atom stereocenters. The first kappa shape index (κ1) is 16.8. The summed E-state index contributed by atoms with van der Waals surface area (Å²) < 4.78 is 0. The maximum absolute atomic E-state index is 12.2. The number of amides is 1. The number of unbranched alkanes of at least 4 members (excludes halogenated alkanes) is 1. The fourth-order valence-corrected chi connectivity index (χ4v) is 4.31. The second-order valence-electron chi connectivity index (χ2n) is 7.05. The minimum absolute atomic E-state index is 0.120. The number of nitrogens with one attached hydrogen (secondary N) is 1. The Morgan fingerprint density at radius 1 is 1.33 bits per heavy atom. The first-order chi connectivity index (χ1) is 10.1. The Balaban J connectivity index is 1.74. The van der Waals surface area contributed by atoms with E-state index in [1.807, 2.05) is 0 Å². The summed E-state index contributed by atoms with van der Waals surface area (Å²) in [6, 6.07) is 0.301. The largest absolute Gasteiger partial charge is 0.395 e. The Morgan fingerprint density at radius 2 is 2.14 bits per heavy atom. The van der Waals surface area contributed by atoms with Crippen molar-refractivity contribution < 1.29 is 9.90 Å². The molecule has 2 aliphatic carbocycles. The summed E-state index contributed by atoms with van der Waals surface area (Å²) in [7, 11) is 0. The van der Waals surface area contributed by atoms with Gasteiger partial charge < -0.3 is 10.4 Å². The number of aliphatic hydroxyl groups is 1. The van der Waals surface area contributed by atoms with E-state index in [0.717, 1.165) is 31.2 Å². The number of nitrogens with zero attached hydrogens (tertiary/aromatic N) is 1. The van der Waals surface area contributed by atoms with E-state index < -0.39 is 0 Å². The van der Waals surface area contributed by atoms with E-state index in [-0.39, 0.29) is 12.5 Å². The van der Waals surface area contributed by atoms with Crippen LogP contribution >= 0.6 is 0 Å². The van der Waals surface area contributed by atoms with Crippen molar-refractivity contribution in [1.82, 2.24) is 10.2 Å². The van der Waals surface area contributed by atoms with Crippen molar-refractivity contribution in [1.29, 1.82) is 0 Å². The summed E-state index contributed by atoms with van der Waals surface area (Å²) in [5.41, 5.74) is 0. The molecule has 2 aliphatic rings. The highest BCUT2D eigenvalue weighted by atomic mass is 16.3. The topological polar surface area (TPSA) is 52.6 Å². The highest BCUT2D eigenvalue weighted by molar-refractivity contribution is 5.78. The van der Waals surface area contributed by atoms with E-state index in [2.05, 4.69) is 24.1 Å². The number of carbonyl (C=O) groups is 1. The molecule has 4 nitrogen and oxygen atoms in total. The monoisotopic (exact) mass is 296 g/mol. The second-order valence-corrected chi connectivity index (χ2v) is 7.05. The molecule has 0 aromatic rings. The van der Waals surface area contributed by atoms with Crippen LogP contribution in [0.1, 0.15) is 52.4 Å². The zero-order valence-electron chi connectivity index (χ0n) is 13.7. The fourth-order valence-electron chi connectivity index (χ4n) is 4.31. The Kier molecular flexibility index (Phi) is 6.49. The van der Waals surface area contributed by atoms with Gasteiger partial charge in [0.1, 0.15) is 0 Å². The van der Waals surface area contributed by atoms with Crippen LogP contribution in [0.25, 0.3) is 0 Å². The minimum atomic E-state index is 0.120. The maximum atomic E-state index is 12.2. The zero-order chi connectivity index (χ0) is 15.2. The molecule has 0 aliphatic heterocycles. The molecule has 2 saturated carbocycles. The van der Waals surface area contributed by atoms with Crippen LogP contribution in [0.15, 0.2) is 0 Å². The molecule has 0 saturated heterocycles. The summed E-state index contributed by atoms with van der Waals surface area (Å²) in [5, 5.41) is 12.3. The minimum Gasteiger partial charge on any atom is -0.395 e. The lowest BCUT2D eigenvalue weighted by molar-refractivity contribution is -0.123.